The van der Waals surface area contributed by atoms with Crippen LogP contribution in [-0.2, 0) is 21.4 Å². The number of rotatable bonds is 5. The summed E-state index contributed by atoms with van der Waals surface area (Å²) in [6, 6.07) is 11.0. The number of halogens is 1. The highest BCUT2D eigenvalue weighted by atomic mass is 32.2. The molecular formula is C21H21FN4O4S. The van der Waals surface area contributed by atoms with Crippen molar-refractivity contribution in [3.05, 3.63) is 70.5 Å². The molecule has 1 aliphatic rings. The summed E-state index contributed by atoms with van der Waals surface area (Å²) in [6.45, 7) is 0.134. The zero-order valence-electron chi connectivity index (χ0n) is 16.8. The standard InChI is InChI=1S/C21H21FN4O4S/c1-25(13-19-23-16-9-4-2-7-14(16)20(27)24-19)21(28)17-10-6-12-26(17)31(29,30)18-11-5-3-8-15(18)22/h2-5,7-9,11,17H,6,10,12-13H2,1H3,(H,23,24,27). The van der Waals surface area contributed by atoms with E-state index in [1.807, 2.05) is 0 Å². The molecule has 1 atom stereocenters. The number of likely N-dealkylation sites (N-methyl/N-ethyl adjacent to an activating group) is 1. The molecule has 162 valence electrons. The van der Waals surface area contributed by atoms with E-state index in [4.69, 9.17) is 0 Å². The quantitative estimate of drug-likeness (QED) is 0.647. The lowest BCUT2D eigenvalue weighted by Gasteiger charge is -2.27. The van der Waals surface area contributed by atoms with Gasteiger partial charge in [0.25, 0.3) is 5.56 Å². The maximum atomic E-state index is 14.1. The van der Waals surface area contributed by atoms with Gasteiger partial charge in [-0.05, 0) is 37.1 Å². The molecule has 1 N–H and O–H groups in total. The fourth-order valence-corrected chi connectivity index (χ4v) is 5.54. The van der Waals surface area contributed by atoms with Gasteiger partial charge < -0.3 is 9.88 Å². The number of H-pyrrole nitrogens is 1. The van der Waals surface area contributed by atoms with E-state index in [2.05, 4.69) is 9.97 Å². The summed E-state index contributed by atoms with van der Waals surface area (Å²) in [7, 11) is -2.65. The molecule has 2 aromatic carbocycles. The topological polar surface area (TPSA) is 103 Å². The fourth-order valence-electron chi connectivity index (χ4n) is 3.82. The molecule has 8 nitrogen and oxygen atoms in total. The van der Waals surface area contributed by atoms with Gasteiger partial charge in [0, 0.05) is 13.6 Å². The molecule has 0 aliphatic carbocycles. The lowest BCUT2D eigenvalue weighted by Crippen LogP contribution is -2.46. The molecule has 0 bridgehead atoms. The normalized spacial score (nSPS) is 17.2. The van der Waals surface area contributed by atoms with Crippen molar-refractivity contribution in [2.45, 2.75) is 30.3 Å². The number of carbonyl (C=O) groups is 1. The van der Waals surface area contributed by atoms with Gasteiger partial charge in [-0.15, -0.1) is 0 Å². The lowest BCUT2D eigenvalue weighted by molar-refractivity contribution is -0.133. The van der Waals surface area contributed by atoms with Gasteiger partial charge >= 0.3 is 0 Å². The molecule has 1 unspecified atom stereocenters. The predicted molar refractivity (Wildman–Crippen MR) is 112 cm³/mol. The molecule has 0 radical (unpaired) electrons. The molecular weight excluding hydrogens is 423 g/mol. The molecule has 0 spiro atoms. The van der Waals surface area contributed by atoms with Crippen molar-refractivity contribution in [2.24, 2.45) is 0 Å². The number of para-hydroxylation sites is 1. The van der Waals surface area contributed by atoms with Crippen LogP contribution in [-0.4, -0.2) is 53.1 Å². The van der Waals surface area contributed by atoms with Gasteiger partial charge in [0.2, 0.25) is 15.9 Å². The number of hydrogen-bond donors (Lipinski definition) is 1. The molecule has 1 aliphatic heterocycles. The minimum atomic E-state index is -4.17. The van der Waals surface area contributed by atoms with Crippen LogP contribution in [0.3, 0.4) is 0 Å². The first kappa shape index (κ1) is 21.1. The van der Waals surface area contributed by atoms with Crippen LogP contribution in [0.25, 0.3) is 10.9 Å². The highest BCUT2D eigenvalue weighted by Crippen LogP contribution is 2.28. The summed E-state index contributed by atoms with van der Waals surface area (Å²) in [5.41, 5.74) is 0.192. The summed E-state index contributed by atoms with van der Waals surface area (Å²) in [5.74, 6) is -0.999. The van der Waals surface area contributed by atoms with Crippen molar-refractivity contribution in [3.8, 4) is 0 Å². The van der Waals surface area contributed by atoms with E-state index in [9.17, 15) is 22.4 Å². The van der Waals surface area contributed by atoms with Gasteiger partial charge in [-0.25, -0.2) is 17.8 Å². The van der Waals surface area contributed by atoms with Gasteiger partial charge in [0.05, 0.1) is 17.4 Å². The number of nitrogens with one attached hydrogen (secondary N) is 1. The number of aromatic amines is 1. The van der Waals surface area contributed by atoms with Crippen LogP contribution < -0.4 is 5.56 Å². The van der Waals surface area contributed by atoms with Gasteiger partial charge in [-0.3, -0.25) is 9.59 Å². The lowest BCUT2D eigenvalue weighted by atomic mass is 10.2. The van der Waals surface area contributed by atoms with E-state index in [1.165, 1.54) is 30.1 Å². The number of sulfonamides is 1. The number of hydrogen-bond acceptors (Lipinski definition) is 5. The minimum absolute atomic E-state index is 0.00297. The first-order chi connectivity index (χ1) is 14.8. The van der Waals surface area contributed by atoms with Crippen LogP contribution in [0.15, 0.2) is 58.2 Å². The Morgan fingerprint density at radius 1 is 1.23 bits per heavy atom. The molecule has 10 heteroatoms. The molecule has 0 saturated carbocycles. The van der Waals surface area contributed by atoms with Crippen molar-refractivity contribution in [1.29, 1.82) is 0 Å². The second-order valence-corrected chi connectivity index (χ2v) is 9.29. The predicted octanol–water partition coefficient (Wildman–Crippen LogP) is 1.87. The second kappa shape index (κ2) is 8.20. The number of carbonyl (C=O) groups excluding carboxylic acids is 1. The summed E-state index contributed by atoms with van der Waals surface area (Å²) in [4.78, 5) is 33.3. The molecule has 1 saturated heterocycles. The first-order valence-electron chi connectivity index (χ1n) is 9.78. The molecule has 3 aromatic rings. The van der Waals surface area contributed by atoms with Crippen LogP contribution in [0.1, 0.15) is 18.7 Å². The van der Waals surface area contributed by atoms with Crippen molar-refractivity contribution in [3.63, 3.8) is 0 Å². The van der Waals surface area contributed by atoms with E-state index >= 15 is 0 Å². The third-order valence-electron chi connectivity index (χ3n) is 5.34. The average molecular weight is 444 g/mol. The fraction of sp³-hybridized carbons (Fsp3) is 0.286. The van der Waals surface area contributed by atoms with Gasteiger partial charge in [0.1, 0.15) is 22.6 Å². The monoisotopic (exact) mass is 444 g/mol. The van der Waals surface area contributed by atoms with Crippen LogP contribution in [0.4, 0.5) is 4.39 Å². The van der Waals surface area contributed by atoms with Crippen LogP contribution in [0.5, 0.6) is 0 Å². The van der Waals surface area contributed by atoms with E-state index in [1.54, 1.807) is 24.3 Å². The number of fused-ring (bicyclic) bond motifs is 1. The Labute approximate surface area is 178 Å². The summed E-state index contributed by atoms with van der Waals surface area (Å²) < 4.78 is 41.2. The maximum Gasteiger partial charge on any atom is 0.258 e. The molecule has 1 aromatic heterocycles. The van der Waals surface area contributed by atoms with Gasteiger partial charge in [-0.2, -0.15) is 4.31 Å². The zero-order chi connectivity index (χ0) is 22.2. The molecule has 1 fully saturated rings. The number of aromatic nitrogens is 2. The first-order valence-corrected chi connectivity index (χ1v) is 11.2. The highest BCUT2D eigenvalue weighted by Gasteiger charge is 2.41. The second-order valence-electron chi connectivity index (χ2n) is 7.43. The van der Waals surface area contributed by atoms with Crippen LogP contribution >= 0.6 is 0 Å². The van der Waals surface area contributed by atoms with E-state index < -0.39 is 32.7 Å². The largest absolute Gasteiger partial charge is 0.337 e. The molecule has 31 heavy (non-hydrogen) atoms. The molecule has 4 rings (SSSR count). The van der Waals surface area contributed by atoms with Crippen molar-refractivity contribution >= 4 is 26.8 Å². The third kappa shape index (κ3) is 3.96. The molecule has 1 amide bonds. The summed E-state index contributed by atoms with van der Waals surface area (Å²) >= 11 is 0. The van der Waals surface area contributed by atoms with E-state index in [-0.39, 0.29) is 18.6 Å². The summed E-state index contributed by atoms with van der Waals surface area (Å²) in [5, 5.41) is 0.443. The van der Waals surface area contributed by atoms with Crippen molar-refractivity contribution < 1.29 is 17.6 Å². The van der Waals surface area contributed by atoms with Gasteiger partial charge in [0.15, 0.2) is 0 Å². The van der Waals surface area contributed by atoms with Crippen molar-refractivity contribution in [1.82, 2.24) is 19.2 Å². The Morgan fingerprint density at radius 2 is 1.94 bits per heavy atom. The third-order valence-corrected chi connectivity index (χ3v) is 7.28. The maximum absolute atomic E-state index is 14.1. The SMILES string of the molecule is CN(Cc1nc2ccccc2c(=O)[nH]1)C(=O)C1CCCN1S(=O)(=O)c1ccccc1F. The average Bonchev–Trinajstić information content (AvgIpc) is 3.24. The number of benzene rings is 2. The Balaban J connectivity index is 1.57. The number of nitrogens with zero attached hydrogens (tertiary/aromatic N) is 3. The van der Waals surface area contributed by atoms with Gasteiger partial charge in [-0.1, -0.05) is 24.3 Å². The Kier molecular flexibility index (Phi) is 5.59. The number of amides is 1. The van der Waals surface area contributed by atoms with E-state index in [0.29, 0.717) is 29.6 Å². The van der Waals surface area contributed by atoms with E-state index in [0.717, 1.165) is 10.4 Å². The Morgan fingerprint density at radius 3 is 2.71 bits per heavy atom. The Bertz CT molecular complexity index is 1310. The zero-order valence-corrected chi connectivity index (χ0v) is 17.6. The molecule has 2 heterocycles. The Hall–Kier alpha value is -3.11. The van der Waals surface area contributed by atoms with Crippen molar-refractivity contribution in [2.75, 3.05) is 13.6 Å². The highest BCUT2D eigenvalue weighted by molar-refractivity contribution is 7.89. The van der Waals surface area contributed by atoms with Crippen LogP contribution in [0, 0.1) is 5.82 Å². The van der Waals surface area contributed by atoms with Crippen LogP contribution in [0.2, 0.25) is 0 Å². The summed E-state index contributed by atoms with van der Waals surface area (Å²) in [6.07, 6.45) is 0.821. The minimum Gasteiger partial charge on any atom is -0.337 e. The smallest absolute Gasteiger partial charge is 0.258 e.